The van der Waals surface area contributed by atoms with E-state index in [1.54, 1.807) is 12.1 Å². The quantitative estimate of drug-likeness (QED) is 0.585. The first-order chi connectivity index (χ1) is 15.1. The van der Waals surface area contributed by atoms with Crippen LogP contribution in [0.3, 0.4) is 0 Å². The molecule has 2 atom stereocenters. The van der Waals surface area contributed by atoms with Gasteiger partial charge in [-0.1, -0.05) is 19.1 Å². The van der Waals surface area contributed by atoms with Crippen molar-refractivity contribution >= 4 is 5.96 Å². The minimum atomic E-state index is -0.188. The van der Waals surface area contributed by atoms with Crippen LogP contribution in [-0.2, 0) is 10.2 Å². The lowest BCUT2D eigenvalue weighted by atomic mass is 9.74. The van der Waals surface area contributed by atoms with Crippen LogP contribution in [0.2, 0.25) is 0 Å². The second kappa shape index (κ2) is 9.81. The molecule has 2 aliphatic rings. The van der Waals surface area contributed by atoms with Crippen LogP contribution in [0, 0.1) is 11.7 Å². The number of piperidine rings is 1. The van der Waals surface area contributed by atoms with Crippen LogP contribution in [0.4, 0.5) is 4.39 Å². The van der Waals surface area contributed by atoms with Crippen molar-refractivity contribution < 1.29 is 9.13 Å². The summed E-state index contributed by atoms with van der Waals surface area (Å²) >= 11 is 0. The van der Waals surface area contributed by atoms with E-state index in [2.05, 4.69) is 39.8 Å². The van der Waals surface area contributed by atoms with Gasteiger partial charge in [0.2, 0.25) is 0 Å². The normalized spacial score (nSPS) is 24.2. The van der Waals surface area contributed by atoms with Crippen molar-refractivity contribution in [3.8, 4) is 0 Å². The van der Waals surface area contributed by atoms with E-state index >= 15 is 0 Å². The smallest absolute Gasteiger partial charge is 0.194 e. The fourth-order valence-corrected chi connectivity index (χ4v) is 4.87. The van der Waals surface area contributed by atoms with E-state index in [1.807, 2.05) is 18.6 Å². The number of guanidine groups is 1. The molecule has 2 fully saturated rings. The van der Waals surface area contributed by atoms with Crippen LogP contribution >= 0.6 is 0 Å². The molecule has 6 nitrogen and oxygen atoms in total. The Kier molecular flexibility index (Phi) is 6.90. The SMILES string of the molecule is CCNC(=NCC1(c2cccc(F)c2)CCOCC1)N1CCC(C)C(n2ccnc2)C1. The number of rotatable bonds is 5. The summed E-state index contributed by atoms with van der Waals surface area (Å²) in [5.74, 6) is 1.34. The first-order valence-electron chi connectivity index (χ1n) is 11.5. The molecule has 1 N–H and O–H groups in total. The Morgan fingerprint density at radius 2 is 2.19 bits per heavy atom. The number of nitrogens with zero attached hydrogens (tertiary/aromatic N) is 4. The molecule has 2 unspecified atom stereocenters. The zero-order chi connectivity index (χ0) is 21.7. The van der Waals surface area contributed by atoms with Gasteiger partial charge in [-0.2, -0.15) is 0 Å². The molecule has 0 radical (unpaired) electrons. The molecule has 1 aromatic carbocycles. The largest absolute Gasteiger partial charge is 0.381 e. The Labute approximate surface area is 184 Å². The second-order valence-electron chi connectivity index (χ2n) is 8.86. The van der Waals surface area contributed by atoms with Crippen LogP contribution < -0.4 is 5.32 Å². The van der Waals surface area contributed by atoms with Gasteiger partial charge in [0.15, 0.2) is 5.96 Å². The Bertz CT molecular complexity index is 863. The molecule has 4 rings (SSSR count). The van der Waals surface area contributed by atoms with Gasteiger partial charge in [0.05, 0.1) is 18.9 Å². The monoisotopic (exact) mass is 427 g/mol. The van der Waals surface area contributed by atoms with Gasteiger partial charge in [0.25, 0.3) is 0 Å². The summed E-state index contributed by atoms with van der Waals surface area (Å²) in [5, 5.41) is 3.50. The van der Waals surface area contributed by atoms with Crippen LogP contribution in [0.25, 0.3) is 0 Å². The number of hydrogen-bond donors (Lipinski definition) is 1. The molecular formula is C24H34FN5O. The van der Waals surface area contributed by atoms with E-state index in [-0.39, 0.29) is 11.2 Å². The summed E-state index contributed by atoms with van der Waals surface area (Å²) in [6.07, 6.45) is 8.63. The molecule has 3 heterocycles. The zero-order valence-corrected chi connectivity index (χ0v) is 18.6. The fourth-order valence-electron chi connectivity index (χ4n) is 4.87. The molecule has 1 aromatic heterocycles. The number of aliphatic imine (C=N–C) groups is 1. The van der Waals surface area contributed by atoms with Gasteiger partial charge in [-0.05, 0) is 49.8 Å². The minimum Gasteiger partial charge on any atom is -0.381 e. The molecule has 0 spiro atoms. The van der Waals surface area contributed by atoms with E-state index in [4.69, 9.17) is 9.73 Å². The van der Waals surface area contributed by atoms with Crippen LogP contribution in [0.1, 0.15) is 44.7 Å². The molecule has 0 aliphatic carbocycles. The van der Waals surface area contributed by atoms with Crippen molar-refractivity contribution in [1.82, 2.24) is 19.8 Å². The Morgan fingerprint density at radius 3 is 2.90 bits per heavy atom. The lowest BCUT2D eigenvalue weighted by Crippen LogP contribution is -2.49. The predicted octanol–water partition coefficient (Wildman–Crippen LogP) is 3.62. The first kappa shape index (κ1) is 21.8. The highest BCUT2D eigenvalue weighted by Gasteiger charge is 2.35. The number of halogens is 1. The van der Waals surface area contributed by atoms with Gasteiger partial charge in [0, 0.05) is 50.7 Å². The first-order valence-corrected chi connectivity index (χ1v) is 11.5. The van der Waals surface area contributed by atoms with Gasteiger partial charge >= 0.3 is 0 Å². The third kappa shape index (κ3) is 4.92. The molecular weight excluding hydrogens is 393 g/mol. The zero-order valence-electron chi connectivity index (χ0n) is 18.6. The maximum absolute atomic E-state index is 14.0. The third-order valence-electron chi connectivity index (χ3n) is 6.88. The van der Waals surface area contributed by atoms with Crippen molar-refractivity contribution in [2.45, 2.75) is 44.6 Å². The maximum Gasteiger partial charge on any atom is 0.194 e. The molecule has 0 bridgehead atoms. The Balaban J connectivity index is 1.57. The van der Waals surface area contributed by atoms with Crippen molar-refractivity contribution in [2.75, 3.05) is 39.4 Å². The summed E-state index contributed by atoms with van der Waals surface area (Å²) < 4.78 is 21.9. The van der Waals surface area contributed by atoms with Crippen molar-refractivity contribution in [3.63, 3.8) is 0 Å². The molecule has 31 heavy (non-hydrogen) atoms. The van der Waals surface area contributed by atoms with Crippen LogP contribution in [-0.4, -0.2) is 59.8 Å². The average molecular weight is 428 g/mol. The van der Waals surface area contributed by atoms with Crippen molar-refractivity contribution in [2.24, 2.45) is 10.9 Å². The Morgan fingerprint density at radius 1 is 1.35 bits per heavy atom. The summed E-state index contributed by atoms with van der Waals surface area (Å²) in [6, 6.07) is 7.40. The molecule has 0 amide bonds. The Hall–Kier alpha value is -2.41. The van der Waals surface area contributed by atoms with Crippen LogP contribution in [0.15, 0.2) is 48.0 Å². The average Bonchev–Trinajstić information content (AvgIpc) is 3.32. The highest BCUT2D eigenvalue weighted by molar-refractivity contribution is 5.80. The molecule has 7 heteroatoms. The molecule has 0 saturated carbocycles. The lowest BCUT2D eigenvalue weighted by Gasteiger charge is -2.40. The number of benzene rings is 1. The number of nitrogens with one attached hydrogen (secondary N) is 1. The second-order valence-corrected chi connectivity index (χ2v) is 8.86. The van der Waals surface area contributed by atoms with E-state index in [0.29, 0.717) is 31.7 Å². The van der Waals surface area contributed by atoms with Gasteiger partial charge in [-0.15, -0.1) is 0 Å². The van der Waals surface area contributed by atoms with E-state index in [0.717, 1.165) is 50.4 Å². The number of imidazole rings is 1. The summed E-state index contributed by atoms with van der Waals surface area (Å²) in [7, 11) is 0. The molecule has 2 saturated heterocycles. The molecule has 2 aromatic rings. The van der Waals surface area contributed by atoms with Gasteiger partial charge in [0.1, 0.15) is 5.82 Å². The van der Waals surface area contributed by atoms with Gasteiger partial charge in [-0.3, -0.25) is 4.99 Å². The third-order valence-corrected chi connectivity index (χ3v) is 6.88. The standard InChI is InChI=1S/C24H34FN5O/c1-3-27-23(29-11-7-19(2)22(16-29)30-12-10-26-18-30)28-17-24(8-13-31-14-9-24)20-5-4-6-21(25)15-20/h4-6,10,12,15,18-19,22H,3,7-9,11,13-14,16-17H2,1-2H3,(H,27,28). The highest BCUT2D eigenvalue weighted by Crippen LogP contribution is 2.36. The number of aromatic nitrogens is 2. The number of ether oxygens (including phenoxy) is 1. The molecule has 168 valence electrons. The van der Waals surface area contributed by atoms with E-state index in [1.165, 1.54) is 6.07 Å². The summed E-state index contributed by atoms with van der Waals surface area (Å²) in [5.41, 5.74) is 0.840. The van der Waals surface area contributed by atoms with Crippen LogP contribution in [0.5, 0.6) is 0 Å². The van der Waals surface area contributed by atoms with Gasteiger partial charge < -0.3 is 19.5 Å². The maximum atomic E-state index is 14.0. The van der Waals surface area contributed by atoms with Crippen molar-refractivity contribution in [3.05, 3.63) is 54.4 Å². The predicted molar refractivity (Wildman–Crippen MR) is 121 cm³/mol. The molecule has 2 aliphatic heterocycles. The van der Waals surface area contributed by atoms with E-state index in [9.17, 15) is 4.39 Å². The lowest BCUT2D eigenvalue weighted by molar-refractivity contribution is 0.0528. The summed E-state index contributed by atoms with van der Waals surface area (Å²) in [6.45, 7) is 9.12. The summed E-state index contributed by atoms with van der Waals surface area (Å²) in [4.78, 5) is 11.7. The number of hydrogen-bond acceptors (Lipinski definition) is 3. The van der Waals surface area contributed by atoms with Gasteiger partial charge in [-0.25, -0.2) is 9.37 Å². The fraction of sp³-hybridized carbons (Fsp3) is 0.583. The van der Waals surface area contributed by atoms with E-state index < -0.39 is 0 Å². The number of likely N-dealkylation sites (tertiary alicyclic amines) is 1. The minimum absolute atomic E-state index is 0.187. The topological polar surface area (TPSA) is 54.7 Å². The van der Waals surface area contributed by atoms with Crippen molar-refractivity contribution in [1.29, 1.82) is 0 Å². The highest BCUT2D eigenvalue weighted by atomic mass is 19.1.